The lowest BCUT2D eigenvalue weighted by Gasteiger charge is -2.12. The van der Waals surface area contributed by atoms with E-state index >= 15 is 0 Å². The van der Waals surface area contributed by atoms with Crippen molar-refractivity contribution >= 4 is 33.8 Å². The van der Waals surface area contributed by atoms with Crippen molar-refractivity contribution in [1.29, 1.82) is 0 Å². The number of ether oxygens (including phenoxy) is 1. The Hall–Kier alpha value is -2.27. The molecule has 5 heteroatoms. The molecule has 0 aliphatic heterocycles. The van der Waals surface area contributed by atoms with E-state index in [1.165, 1.54) is 19.1 Å². The van der Waals surface area contributed by atoms with Gasteiger partial charge in [0.25, 0.3) is 0 Å². The van der Waals surface area contributed by atoms with Gasteiger partial charge in [0, 0.05) is 21.7 Å². The SMILES string of the molecule is Cc1ccc(C(=O)[C@H](C)OC(=O)/C=C/c2cc(Br)ccc2F)cc1C. The maximum atomic E-state index is 13.6. The van der Waals surface area contributed by atoms with Crippen LogP contribution in [0.15, 0.2) is 46.9 Å². The first kappa shape index (κ1) is 19.1. The number of aryl methyl sites for hydroxylation is 2. The van der Waals surface area contributed by atoms with Crippen molar-refractivity contribution < 1.29 is 18.7 Å². The standard InChI is InChI=1S/C20H18BrFO3/c1-12-4-5-16(10-13(12)2)20(24)14(3)25-19(23)9-6-15-11-17(21)7-8-18(15)22/h4-11,14H,1-3H3/b9-6+/t14-/m0/s1. The molecule has 25 heavy (non-hydrogen) atoms. The molecule has 0 aliphatic rings. The van der Waals surface area contributed by atoms with Crippen molar-refractivity contribution in [3.05, 3.63) is 75.0 Å². The minimum atomic E-state index is -0.924. The Labute approximate surface area is 154 Å². The number of hydrogen-bond donors (Lipinski definition) is 0. The van der Waals surface area contributed by atoms with Crippen molar-refractivity contribution in [2.75, 3.05) is 0 Å². The first-order chi connectivity index (χ1) is 11.8. The Balaban J connectivity index is 2.04. The van der Waals surface area contributed by atoms with Gasteiger partial charge in [-0.25, -0.2) is 9.18 Å². The summed E-state index contributed by atoms with van der Waals surface area (Å²) in [6, 6.07) is 9.74. The maximum absolute atomic E-state index is 13.6. The number of ketones is 1. The zero-order valence-electron chi connectivity index (χ0n) is 14.2. The third kappa shape index (κ3) is 5.10. The summed E-state index contributed by atoms with van der Waals surface area (Å²) in [5.74, 6) is -1.44. The van der Waals surface area contributed by atoms with Crippen LogP contribution in [0.2, 0.25) is 0 Å². The minimum Gasteiger partial charge on any atom is -0.451 e. The molecule has 0 aliphatic carbocycles. The number of carbonyl (C=O) groups excluding carboxylic acids is 2. The van der Waals surface area contributed by atoms with Gasteiger partial charge in [0.05, 0.1) is 0 Å². The van der Waals surface area contributed by atoms with Gasteiger partial charge in [0.1, 0.15) is 5.82 Å². The molecule has 0 radical (unpaired) electrons. The van der Waals surface area contributed by atoms with E-state index in [-0.39, 0.29) is 11.3 Å². The van der Waals surface area contributed by atoms with Crippen LogP contribution in [0, 0.1) is 19.7 Å². The van der Waals surface area contributed by atoms with Gasteiger partial charge < -0.3 is 4.74 Å². The largest absolute Gasteiger partial charge is 0.451 e. The molecule has 0 aromatic heterocycles. The van der Waals surface area contributed by atoms with Gasteiger partial charge in [0.15, 0.2) is 6.10 Å². The van der Waals surface area contributed by atoms with E-state index in [1.807, 2.05) is 19.9 Å². The summed E-state index contributed by atoms with van der Waals surface area (Å²) in [7, 11) is 0. The highest BCUT2D eigenvalue weighted by molar-refractivity contribution is 9.10. The molecule has 0 fully saturated rings. The molecule has 2 rings (SSSR count). The first-order valence-electron chi connectivity index (χ1n) is 7.73. The molecule has 3 nitrogen and oxygen atoms in total. The third-order valence-electron chi connectivity index (χ3n) is 3.81. The number of halogens is 2. The first-order valence-corrected chi connectivity index (χ1v) is 8.52. The van der Waals surface area contributed by atoms with Crippen LogP contribution in [0.5, 0.6) is 0 Å². The van der Waals surface area contributed by atoms with Crippen molar-refractivity contribution in [3.8, 4) is 0 Å². The van der Waals surface area contributed by atoms with Crippen molar-refractivity contribution in [1.82, 2.24) is 0 Å². The summed E-state index contributed by atoms with van der Waals surface area (Å²) in [6.07, 6.45) is 1.50. The quantitative estimate of drug-likeness (QED) is 0.398. The highest BCUT2D eigenvalue weighted by Gasteiger charge is 2.19. The smallest absolute Gasteiger partial charge is 0.331 e. The highest BCUT2D eigenvalue weighted by Crippen LogP contribution is 2.17. The van der Waals surface area contributed by atoms with Crippen molar-refractivity contribution in [3.63, 3.8) is 0 Å². The monoisotopic (exact) mass is 404 g/mol. The van der Waals surface area contributed by atoms with E-state index in [0.29, 0.717) is 10.0 Å². The van der Waals surface area contributed by atoms with E-state index in [9.17, 15) is 14.0 Å². The molecule has 2 aromatic rings. The number of hydrogen-bond acceptors (Lipinski definition) is 3. The number of Topliss-reactive ketones (excluding diaryl/α,β-unsaturated/α-hetero) is 1. The van der Waals surface area contributed by atoms with E-state index in [4.69, 9.17) is 4.74 Å². The van der Waals surface area contributed by atoms with Crippen LogP contribution in [-0.4, -0.2) is 17.9 Å². The lowest BCUT2D eigenvalue weighted by Crippen LogP contribution is -2.23. The number of rotatable bonds is 5. The van der Waals surface area contributed by atoms with Crippen molar-refractivity contribution in [2.45, 2.75) is 26.9 Å². The maximum Gasteiger partial charge on any atom is 0.331 e. The fourth-order valence-electron chi connectivity index (χ4n) is 2.20. The van der Waals surface area contributed by atoms with Crippen LogP contribution in [0.4, 0.5) is 4.39 Å². The molecule has 0 spiro atoms. The second kappa shape index (κ2) is 8.21. The molecule has 2 aromatic carbocycles. The second-order valence-electron chi connectivity index (χ2n) is 5.74. The normalized spacial score (nSPS) is 12.2. The van der Waals surface area contributed by atoms with Crippen LogP contribution in [0.1, 0.15) is 34.0 Å². The molecule has 0 unspecified atom stereocenters. The topological polar surface area (TPSA) is 43.4 Å². The lowest BCUT2D eigenvalue weighted by atomic mass is 10.0. The summed E-state index contributed by atoms with van der Waals surface area (Å²) in [5, 5.41) is 0. The molecule has 0 amide bonds. The summed E-state index contributed by atoms with van der Waals surface area (Å²) >= 11 is 3.24. The molecule has 0 N–H and O–H groups in total. The molecule has 1 atom stereocenters. The van der Waals surface area contributed by atoms with Crippen LogP contribution in [-0.2, 0) is 9.53 Å². The summed E-state index contributed by atoms with van der Waals surface area (Å²) in [5.41, 5.74) is 2.82. The van der Waals surface area contributed by atoms with E-state index in [1.54, 1.807) is 24.3 Å². The van der Waals surface area contributed by atoms with Crippen LogP contribution in [0.25, 0.3) is 6.08 Å². The predicted octanol–water partition coefficient (Wildman–Crippen LogP) is 5.03. The van der Waals surface area contributed by atoms with Crippen molar-refractivity contribution in [2.24, 2.45) is 0 Å². The van der Waals surface area contributed by atoms with Gasteiger partial charge in [0.2, 0.25) is 5.78 Å². The second-order valence-corrected chi connectivity index (χ2v) is 6.66. The molecule has 0 bridgehead atoms. The summed E-state index contributed by atoms with van der Waals surface area (Å²) < 4.78 is 19.4. The summed E-state index contributed by atoms with van der Waals surface area (Å²) in [4.78, 5) is 24.2. The molecule has 0 heterocycles. The van der Waals surface area contributed by atoms with Crippen LogP contribution >= 0.6 is 15.9 Å². The van der Waals surface area contributed by atoms with Crippen LogP contribution in [0.3, 0.4) is 0 Å². The Kier molecular flexibility index (Phi) is 6.26. The predicted molar refractivity (Wildman–Crippen MR) is 98.9 cm³/mol. The molecular formula is C20H18BrFO3. The number of carbonyl (C=O) groups is 2. The third-order valence-corrected chi connectivity index (χ3v) is 4.30. The number of benzene rings is 2. The number of esters is 1. The van der Waals surface area contributed by atoms with Gasteiger partial charge in [-0.1, -0.05) is 28.1 Å². The van der Waals surface area contributed by atoms with Gasteiger partial charge in [-0.15, -0.1) is 0 Å². The Morgan fingerprint density at radius 3 is 2.52 bits per heavy atom. The Bertz CT molecular complexity index is 843. The molecule has 0 saturated carbocycles. The fraction of sp³-hybridized carbons (Fsp3) is 0.200. The van der Waals surface area contributed by atoms with E-state index < -0.39 is 17.9 Å². The van der Waals surface area contributed by atoms with E-state index in [0.717, 1.165) is 17.2 Å². The lowest BCUT2D eigenvalue weighted by molar-refractivity contribution is -0.140. The highest BCUT2D eigenvalue weighted by atomic mass is 79.9. The van der Waals surface area contributed by atoms with E-state index in [2.05, 4.69) is 15.9 Å². The zero-order valence-corrected chi connectivity index (χ0v) is 15.8. The Morgan fingerprint density at radius 1 is 1.12 bits per heavy atom. The average molecular weight is 405 g/mol. The minimum absolute atomic E-state index is 0.250. The van der Waals surface area contributed by atoms with Gasteiger partial charge in [-0.05, 0) is 62.2 Å². The van der Waals surface area contributed by atoms with Crippen LogP contribution < -0.4 is 0 Å². The van der Waals surface area contributed by atoms with Gasteiger partial charge in [-0.2, -0.15) is 0 Å². The zero-order chi connectivity index (χ0) is 18.6. The van der Waals surface area contributed by atoms with Gasteiger partial charge >= 0.3 is 5.97 Å². The van der Waals surface area contributed by atoms with Gasteiger partial charge in [-0.3, -0.25) is 4.79 Å². The molecular weight excluding hydrogens is 387 g/mol. The average Bonchev–Trinajstić information content (AvgIpc) is 2.57. The summed E-state index contributed by atoms with van der Waals surface area (Å²) in [6.45, 7) is 5.39. The fourth-order valence-corrected chi connectivity index (χ4v) is 2.58. The Morgan fingerprint density at radius 2 is 1.84 bits per heavy atom. The molecule has 130 valence electrons. The molecule has 0 saturated heterocycles.